The SMILES string of the molecule is CC(CO)(CCCNC(=S)NCCCC(C)(CO)c1ccccc1)c1ccccc1. The molecule has 0 aromatic heterocycles. The van der Waals surface area contributed by atoms with E-state index in [0.29, 0.717) is 5.11 Å². The Hall–Kier alpha value is -1.95. The summed E-state index contributed by atoms with van der Waals surface area (Å²) in [6, 6.07) is 20.3. The first-order valence-corrected chi connectivity index (χ1v) is 11.2. The summed E-state index contributed by atoms with van der Waals surface area (Å²) >= 11 is 5.39. The Kier molecular flexibility index (Phi) is 9.76. The van der Waals surface area contributed by atoms with Crippen molar-refractivity contribution in [2.45, 2.75) is 50.4 Å². The molecule has 0 bridgehead atoms. The van der Waals surface area contributed by atoms with Crippen LogP contribution in [0.25, 0.3) is 0 Å². The van der Waals surface area contributed by atoms with Gasteiger partial charge in [-0.3, -0.25) is 0 Å². The maximum absolute atomic E-state index is 9.88. The van der Waals surface area contributed by atoms with Crippen molar-refractivity contribution in [2.75, 3.05) is 26.3 Å². The quantitative estimate of drug-likeness (QED) is 0.305. The average molecular weight is 429 g/mol. The van der Waals surface area contributed by atoms with Crippen molar-refractivity contribution in [3.8, 4) is 0 Å². The predicted octanol–water partition coefficient (Wildman–Crippen LogP) is 3.91. The van der Waals surface area contributed by atoms with E-state index in [1.54, 1.807) is 0 Å². The van der Waals surface area contributed by atoms with Gasteiger partial charge in [0.15, 0.2) is 5.11 Å². The van der Waals surface area contributed by atoms with Gasteiger partial charge >= 0.3 is 0 Å². The summed E-state index contributed by atoms with van der Waals surface area (Å²) < 4.78 is 0. The van der Waals surface area contributed by atoms with Crippen LogP contribution < -0.4 is 10.6 Å². The fourth-order valence-electron chi connectivity index (χ4n) is 3.73. The standard InChI is InChI=1S/C25H36N2O2S/c1-24(19-28,21-11-5-3-6-12-21)15-9-17-26-23(30)27-18-10-16-25(2,20-29)22-13-7-4-8-14-22/h3-8,11-14,28-29H,9-10,15-20H2,1-2H3,(H2,26,27,30). The molecule has 2 aromatic carbocycles. The number of thiocarbonyl (C=S) groups is 1. The van der Waals surface area contributed by atoms with E-state index in [9.17, 15) is 10.2 Å². The largest absolute Gasteiger partial charge is 0.395 e. The smallest absolute Gasteiger partial charge is 0.166 e. The van der Waals surface area contributed by atoms with Crippen molar-refractivity contribution in [3.63, 3.8) is 0 Å². The van der Waals surface area contributed by atoms with Gasteiger partial charge in [-0.1, -0.05) is 74.5 Å². The van der Waals surface area contributed by atoms with Crippen LogP contribution in [-0.2, 0) is 10.8 Å². The average Bonchev–Trinajstić information content (AvgIpc) is 2.80. The summed E-state index contributed by atoms with van der Waals surface area (Å²) in [4.78, 5) is 0. The monoisotopic (exact) mass is 428 g/mol. The lowest BCUT2D eigenvalue weighted by Crippen LogP contribution is -2.37. The van der Waals surface area contributed by atoms with Crippen LogP contribution in [0.2, 0.25) is 0 Å². The summed E-state index contributed by atoms with van der Waals surface area (Å²) in [5.41, 5.74) is 1.87. The first-order chi connectivity index (χ1) is 14.4. The van der Waals surface area contributed by atoms with Crippen LogP contribution in [0.15, 0.2) is 60.7 Å². The maximum atomic E-state index is 9.88. The molecule has 0 aliphatic rings. The number of aliphatic hydroxyl groups excluding tert-OH is 2. The normalized spacial score (nSPS) is 15.1. The first-order valence-electron chi connectivity index (χ1n) is 10.8. The molecule has 0 amide bonds. The zero-order valence-corrected chi connectivity index (χ0v) is 19.0. The van der Waals surface area contributed by atoms with E-state index < -0.39 is 0 Å². The molecule has 5 heteroatoms. The molecule has 4 nitrogen and oxygen atoms in total. The molecule has 0 saturated carbocycles. The fraction of sp³-hybridized carbons (Fsp3) is 0.480. The first kappa shape index (κ1) is 24.3. The maximum Gasteiger partial charge on any atom is 0.166 e. The van der Waals surface area contributed by atoms with Gasteiger partial charge in [-0.2, -0.15) is 0 Å². The van der Waals surface area contributed by atoms with Crippen LogP contribution in [0.3, 0.4) is 0 Å². The highest BCUT2D eigenvalue weighted by Gasteiger charge is 2.26. The molecule has 4 N–H and O–H groups in total. The Morgan fingerprint density at radius 1 is 0.733 bits per heavy atom. The number of hydrogen-bond acceptors (Lipinski definition) is 3. The van der Waals surface area contributed by atoms with E-state index in [2.05, 4.69) is 48.7 Å². The molecule has 0 aliphatic heterocycles. The second kappa shape index (κ2) is 12.0. The van der Waals surface area contributed by atoms with Crippen LogP contribution in [0.5, 0.6) is 0 Å². The number of rotatable bonds is 12. The van der Waals surface area contributed by atoms with Gasteiger partial charge in [0, 0.05) is 23.9 Å². The third-order valence-corrected chi connectivity index (χ3v) is 6.31. The topological polar surface area (TPSA) is 64.5 Å². The van der Waals surface area contributed by atoms with Crippen LogP contribution in [0, 0.1) is 0 Å². The molecule has 0 aliphatic carbocycles. The third kappa shape index (κ3) is 7.08. The molecule has 0 saturated heterocycles. The number of aliphatic hydroxyl groups is 2. The van der Waals surface area contributed by atoms with Crippen molar-refractivity contribution in [2.24, 2.45) is 0 Å². The van der Waals surface area contributed by atoms with Crippen molar-refractivity contribution in [3.05, 3.63) is 71.8 Å². The summed E-state index contributed by atoms with van der Waals surface area (Å²) in [6.07, 6.45) is 3.61. The Morgan fingerprint density at radius 3 is 1.43 bits per heavy atom. The summed E-state index contributed by atoms with van der Waals surface area (Å²) in [6.45, 7) is 6.00. The molecule has 2 aromatic rings. The number of benzene rings is 2. The van der Waals surface area contributed by atoms with E-state index in [1.165, 1.54) is 11.1 Å². The van der Waals surface area contributed by atoms with Gasteiger partial charge in [0.05, 0.1) is 13.2 Å². The number of hydrogen-bond donors (Lipinski definition) is 4. The lowest BCUT2D eigenvalue weighted by Gasteiger charge is -2.28. The van der Waals surface area contributed by atoms with Crippen molar-refractivity contribution in [1.29, 1.82) is 0 Å². The Morgan fingerprint density at radius 2 is 1.10 bits per heavy atom. The highest BCUT2D eigenvalue weighted by molar-refractivity contribution is 7.80. The zero-order valence-electron chi connectivity index (χ0n) is 18.2. The second-order valence-electron chi connectivity index (χ2n) is 8.56. The molecular weight excluding hydrogens is 392 g/mol. The van der Waals surface area contributed by atoms with E-state index in [0.717, 1.165) is 38.8 Å². The highest BCUT2D eigenvalue weighted by atomic mass is 32.1. The van der Waals surface area contributed by atoms with Crippen molar-refractivity contribution in [1.82, 2.24) is 10.6 Å². The van der Waals surface area contributed by atoms with Gasteiger partial charge in [-0.05, 0) is 49.0 Å². The van der Waals surface area contributed by atoms with Crippen LogP contribution in [-0.4, -0.2) is 41.6 Å². The Bertz CT molecular complexity index is 693. The lowest BCUT2D eigenvalue weighted by atomic mass is 9.79. The molecule has 0 radical (unpaired) electrons. The van der Waals surface area contributed by atoms with Gasteiger partial charge in [0.2, 0.25) is 0 Å². The second-order valence-corrected chi connectivity index (χ2v) is 8.97. The lowest BCUT2D eigenvalue weighted by molar-refractivity contribution is 0.194. The molecule has 2 atom stereocenters. The van der Waals surface area contributed by atoms with E-state index in [1.807, 2.05) is 36.4 Å². The molecule has 2 rings (SSSR count). The van der Waals surface area contributed by atoms with Gasteiger partial charge in [-0.15, -0.1) is 0 Å². The van der Waals surface area contributed by atoms with Gasteiger partial charge in [-0.25, -0.2) is 0 Å². The minimum Gasteiger partial charge on any atom is -0.395 e. The Labute approximate surface area is 186 Å². The highest BCUT2D eigenvalue weighted by Crippen LogP contribution is 2.29. The molecule has 0 spiro atoms. The van der Waals surface area contributed by atoms with Gasteiger partial charge in [0.25, 0.3) is 0 Å². The zero-order chi connectivity index (χ0) is 21.9. The molecular formula is C25H36N2O2S. The number of nitrogens with one attached hydrogen (secondary N) is 2. The van der Waals surface area contributed by atoms with E-state index >= 15 is 0 Å². The van der Waals surface area contributed by atoms with Crippen LogP contribution in [0.4, 0.5) is 0 Å². The van der Waals surface area contributed by atoms with E-state index in [4.69, 9.17) is 12.2 Å². The molecule has 164 valence electrons. The van der Waals surface area contributed by atoms with Crippen molar-refractivity contribution >= 4 is 17.3 Å². The van der Waals surface area contributed by atoms with Crippen LogP contribution in [0.1, 0.15) is 50.7 Å². The van der Waals surface area contributed by atoms with Gasteiger partial charge in [0.1, 0.15) is 0 Å². The minimum atomic E-state index is -0.232. The molecule has 30 heavy (non-hydrogen) atoms. The summed E-state index contributed by atoms with van der Waals surface area (Å²) in [5, 5.41) is 27.0. The molecule has 0 heterocycles. The van der Waals surface area contributed by atoms with Crippen LogP contribution >= 0.6 is 12.2 Å². The third-order valence-electron chi connectivity index (χ3n) is 6.02. The minimum absolute atomic E-state index is 0.130. The summed E-state index contributed by atoms with van der Waals surface area (Å²) in [7, 11) is 0. The summed E-state index contributed by atoms with van der Waals surface area (Å²) in [5.74, 6) is 0. The predicted molar refractivity (Wildman–Crippen MR) is 129 cm³/mol. The van der Waals surface area contributed by atoms with Gasteiger partial charge < -0.3 is 20.8 Å². The fourth-order valence-corrected chi connectivity index (χ4v) is 3.94. The Balaban J connectivity index is 1.67. The molecule has 0 fully saturated rings. The van der Waals surface area contributed by atoms with E-state index in [-0.39, 0.29) is 24.0 Å². The van der Waals surface area contributed by atoms with Crippen molar-refractivity contribution < 1.29 is 10.2 Å². The molecule has 2 unspecified atom stereocenters.